The van der Waals surface area contributed by atoms with E-state index in [1.165, 1.54) is 0 Å². The van der Waals surface area contributed by atoms with Gasteiger partial charge in [-0.3, -0.25) is 5.01 Å². The largest absolute Gasteiger partial charge is 0.315 e. The van der Waals surface area contributed by atoms with Gasteiger partial charge in [-0.2, -0.15) is 5.26 Å². The lowest BCUT2D eigenvalue weighted by atomic mass is 10.2. The number of nitrogens with zero attached hydrogens (tertiary/aromatic N) is 3. The van der Waals surface area contributed by atoms with Gasteiger partial charge in [0.15, 0.2) is 0 Å². The van der Waals surface area contributed by atoms with E-state index in [9.17, 15) is 0 Å². The fourth-order valence-corrected chi connectivity index (χ4v) is 2.14. The van der Waals surface area contributed by atoms with Gasteiger partial charge < -0.3 is 5.32 Å². The normalized spacial score (nSPS) is 29.3. The SMILES string of the molecule is N#CC1(N(N=S)[C@@H]2CCNC2)CC1. The highest BCUT2D eigenvalue weighted by Gasteiger charge is 2.51. The van der Waals surface area contributed by atoms with Crippen molar-refractivity contribution < 1.29 is 0 Å². The molecule has 1 aliphatic heterocycles. The molecule has 1 heterocycles. The lowest BCUT2D eigenvalue weighted by Gasteiger charge is -2.27. The summed E-state index contributed by atoms with van der Waals surface area (Å²) in [4.78, 5) is 0. The molecule has 5 heteroatoms. The van der Waals surface area contributed by atoms with Crippen LogP contribution in [0.15, 0.2) is 4.47 Å². The van der Waals surface area contributed by atoms with Crippen LogP contribution in [0, 0.1) is 11.3 Å². The van der Waals surface area contributed by atoms with Crippen molar-refractivity contribution in [3.63, 3.8) is 0 Å². The van der Waals surface area contributed by atoms with Gasteiger partial charge in [0, 0.05) is 6.54 Å². The highest BCUT2D eigenvalue weighted by Crippen LogP contribution is 2.43. The molecule has 4 nitrogen and oxygen atoms in total. The first kappa shape index (κ1) is 8.85. The Kier molecular flexibility index (Phi) is 2.18. The standard InChI is InChI=1S/C8H12N4S/c9-6-8(2-3-8)12(11-13)7-1-4-10-5-7/h7,10H,1-5H2/t7-/m1/s1. The van der Waals surface area contributed by atoms with Gasteiger partial charge in [-0.15, -0.1) is 4.47 Å². The van der Waals surface area contributed by atoms with E-state index in [4.69, 9.17) is 17.7 Å². The molecule has 13 heavy (non-hydrogen) atoms. The lowest BCUT2D eigenvalue weighted by Crippen LogP contribution is -2.41. The van der Waals surface area contributed by atoms with Gasteiger partial charge in [-0.1, -0.05) is 0 Å². The van der Waals surface area contributed by atoms with Crippen molar-refractivity contribution >= 4 is 12.4 Å². The molecular weight excluding hydrogens is 184 g/mol. The Morgan fingerprint density at radius 1 is 1.62 bits per heavy atom. The molecule has 0 bridgehead atoms. The van der Waals surface area contributed by atoms with E-state index >= 15 is 0 Å². The first-order valence-corrected chi connectivity index (χ1v) is 4.93. The molecule has 0 spiro atoms. The first-order chi connectivity index (χ1) is 6.32. The van der Waals surface area contributed by atoms with Crippen molar-refractivity contribution in [2.75, 3.05) is 13.1 Å². The summed E-state index contributed by atoms with van der Waals surface area (Å²) in [6, 6.07) is 2.65. The maximum Gasteiger partial charge on any atom is 0.145 e. The van der Waals surface area contributed by atoms with Crippen molar-refractivity contribution in [2.45, 2.75) is 30.8 Å². The van der Waals surface area contributed by atoms with Crippen LogP contribution in [0.4, 0.5) is 0 Å². The number of nitriles is 1. The third kappa shape index (κ3) is 1.40. The summed E-state index contributed by atoms with van der Waals surface area (Å²) in [5.41, 5.74) is -0.349. The zero-order valence-electron chi connectivity index (χ0n) is 7.36. The van der Waals surface area contributed by atoms with Crippen molar-refractivity contribution in [2.24, 2.45) is 4.47 Å². The Hall–Kier alpha value is -0.730. The molecule has 0 amide bonds. The highest BCUT2D eigenvalue weighted by molar-refractivity contribution is 7.47. The quantitative estimate of drug-likeness (QED) is 0.662. The summed E-state index contributed by atoms with van der Waals surface area (Å²) in [6.07, 6.45) is 2.88. The molecular formula is C8H12N4S. The Morgan fingerprint density at radius 2 is 2.38 bits per heavy atom. The van der Waals surface area contributed by atoms with E-state index < -0.39 is 0 Å². The molecule has 0 aromatic heterocycles. The third-order valence-corrected chi connectivity index (χ3v) is 3.01. The monoisotopic (exact) mass is 196 g/mol. The third-order valence-electron chi connectivity index (χ3n) is 2.84. The molecule has 1 aliphatic carbocycles. The minimum absolute atomic E-state index is 0.333. The van der Waals surface area contributed by atoms with E-state index in [2.05, 4.69) is 15.9 Å². The summed E-state index contributed by atoms with van der Waals surface area (Å²) in [6.45, 7) is 1.91. The second kappa shape index (κ2) is 3.20. The first-order valence-electron chi connectivity index (χ1n) is 4.57. The van der Waals surface area contributed by atoms with E-state index in [1.807, 2.05) is 5.01 Å². The topological polar surface area (TPSA) is 51.4 Å². The fraction of sp³-hybridized carbons (Fsp3) is 0.875. The number of rotatable bonds is 3. The summed E-state index contributed by atoms with van der Waals surface area (Å²) in [5, 5.41) is 14.1. The summed E-state index contributed by atoms with van der Waals surface area (Å²) in [5.74, 6) is 0. The fourth-order valence-electron chi connectivity index (χ4n) is 1.85. The van der Waals surface area contributed by atoms with Crippen LogP contribution in [0.3, 0.4) is 0 Å². The average Bonchev–Trinajstić information content (AvgIpc) is 2.75. The van der Waals surface area contributed by atoms with Gasteiger partial charge in [-0.25, -0.2) is 0 Å². The van der Waals surface area contributed by atoms with E-state index in [-0.39, 0.29) is 5.54 Å². The molecule has 2 fully saturated rings. The molecule has 1 N–H and O–H groups in total. The molecule has 1 atom stereocenters. The van der Waals surface area contributed by atoms with Crippen LogP contribution in [-0.4, -0.2) is 29.7 Å². The van der Waals surface area contributed by atoms with Crippen molar-refractivity contribution in [1.82, 2.24) is 10.3 Å². The van der Waals surface area contributed by atoms with Crippen molar-refractivity contribution in [3.8, 4) is 6.07 Å². The lowest BCUT2D eigenvalue weighted by molar-refractivity contribution is 0.172. The van der Waals surface area contributed by atoms with Crippen molar-refractivity contribution in [1.29, 1.82) is 5.26 Å². The van der Waals surface area contributed by atoms with E-state index in [0.717, 1.165) is 32.4 Å². The molecule has 2 aliphatic rings. The maximum atomic E-state index is 9.00. The molecule has 1 saturated heterocycles. The number of hydrogen-bond acceptors (Lipinski definition) is 4. The van der Waals surface area contributed by atoms with Crippen LogP contribution in [-0.2, 0) is 12.4 Å². The van der Waals surface area contributed by atoms with Gasteiger partial charge in [0.25, 0.3) is 0 Å². The van der Waals surface area contributed by atoms with Gasteiger partial charge in [0.05, 0.1) is 24.5 Å². The Morgan fingerprint density at radius 3 is 2.77 bits per heavy atom. The second-order valence-corrected chi connectivity index (χ2v) is 3.88. The zero-order chi connectivity index (χ0) is 9.31. The smallest absolute Gasteiger partial charge is 0.145 e. The second-order valence-electron chi connectivity index (χ2n) is 3.72. The van der Waals surface area contributed by atoms with Gasteiger partial charge >= 0.3 is 0 Å². The minimum atomic E-state index is -0.349. The maximum absolute atomic E-state index is 9.00. The zero-order valence-corrected chi connectivity index (χ0v) is 8.18. The van der Waals surface area contributed by atoms with Crippen LogP contribution < -0.4 is 5.32 Å². The number of hydrogen-bond donors (Lipinski definition) is 1. The average molecular weight is 196 g/mol. The molecule has 0 unspecified atom stereocenters. The predicted octanol–water partition coefficient (Wildman–Crippen LogP) is 0.352. The molecule has 70 valence electrons. The minimum Gasteiger partial charge on any atom is -0.315 e. The molecule has 0 aromatic carbocycles. The van der Waals surface area contributed by atoms with Crippen molar-refractivity contribution in [3.05, 3.63) is 0 Å². The van der Waals surface area contributed by atoms with Gasteiger partial charge in [0.1, 0.15) is 5.54 Å². The van der Waals surface area contributed by atoms with Crippen LogP contribution in [0.1, 0.15) is 19.3 Å². The summed E-state index contributed by atoms with van der Waals surface area (Å²) in [7, 11) is 0. The molecule has 0 aromatic rings. The van der Waals surface area contributed by atoms with Crippen LogP contribution in [0.25, 0.3) is 0 Å². The van der Waals surface area contributed by atoms with Crippen LogP contribution in [0.5, 0.6) is 0 Å². The Balaban J connectivity index is 2.09. The van der Waals surface area contributed by atoms with Gasteiger partial charge in [-0.05, 0) is 25.8 Å². The Bertz CT molecular complexity index is 249. The predicted molar refractivity (Wildman–Crippen MR) is 50.5 cm³/mol. The highest BCUT2D eigenvalue weighted by atomic mass is 32.1. The van der Waals surface area contributed by atoms with Crippen LogP contribution >= 0.6 is 0 Å². The summed E-state index contributed by atoms with van der Waals surface area (Å²) < 4.78 is 3.83. The molecule has 0 radical (unpaired) electrons. The molecule has 2 rings (SSSR count). The van der Waals surface area contributed by atoms with Gasteiger partial charge in [0.2, 0.25) is 0 Å². The van der Waals surface area contributed by atoms with Crippen LogP contribution in [0.2, 0.25) is 0 Å². The van der Waals surface area contributed by atoms with E-state index in [1.54, 1.807) is 0 Å². The summed E-state index contributed by atoms with van der Waals surface area (Å²) >= 11 is 4.74. The molecule has 1 saturated carbocycles. The Labute approximate surface area is 83.0 Å². The number of nitrogens with one attached hydrogen (secondary N) is 1. The van der Waals surface area contributed by atoms with E-state index in [0.29, 0.717) is 6.04 Å².